The fourth-order valence-electron chi connectivity index (χ4n) is 2.56. The molecule has 1 aliphatic carbocycles. The normalized spacial score (nSPS) is 16.2. The molecule has 1 aliphatic rings. The van der Waals surface area contributed by atoms with E-state index in [4.69, 9.17) is 11.6 Å². The Kier molecular flexibility index (Phi) is 4.81. The largest absolute Gasteiger partial charge is 0.370 e. The second-order valence-corrected chi connectivity index (χ2v) is 5.48. The molecule has 100 valence electrons. The lowest BCUT2D eigenvalue weighted by molar-refractivity contribution is 0.518. The van der Waals surface area contributed by atoms with Crippen LogP contribution in [-0.4, -0.2) is 16.5 Å². The molecule has 1 aromatic heterocycles. The highest BCUT2D eigenvalue weighted by atomic mass is 35.5. The summed E-state index contributed by atoms with van der Waals surface area (Å²) in [6.07, 6.45) is 7.66. The first-order valence-electron chi connectivity index (χ1n) is 6.97. The maximum Gasteiger partial charge on any atom is 0.137 e. The molecule has 1 fully saturated rings. The summed E-state index contributed by atoms with van der Waals surface area (Å²) in [5.74, 6) is 2.62. The van der Waals surface area contributed by atoms with Gasteiger partial charge in [0.05, 0.1) is 0 Å². The second-order valence-electron chi connectivity index (χ2n) is 5.12. The van der Waals surface area contributed by atoms with Crippen LogP contribution in [0.2, 0.25) is 5.15 Å². The Morgan fingerprint density at radius 2 is 2.00 bits per heavy atom. The van der Waals surface area contributed by atoms with Crippen molar-refractivity contribution >= 4 is 17.4 Å². The molecule has 3 nitrogen and oxygen atoms in total. The van der Waals surface area contributed by atoms with Gasteiger partial charge in [-0.15, -0.1) is 0 Å². The number of halogens is 1. The van der Waals surface area contributed by atoms with Crippen molar-refractivity contribution in [3.05, 3.63) is 16.5 Å². The van der Waals surface area contributed by atoms with Crippen LogP contribution in [0.25, 0.3) is 0 Å². The third-order valence-electron chi connectivity index (χ3n) is 3.77. The summed E-state index contributed by atoms with van der Waals surface area (Å²) in [7, 11) is 0. The second kappa shape index (κ2) is 6.37. The van der Waals surface area contributed by atoms with Gasteiger partial charge < -0.3 is 5.32 Å². The van der Waals surface area contributed by atoms with Crippen molar-refractivity contribution < 1.29 is 0 Å². The SMILES string of the molecule is CCc1nc(Cl)c(C)c(NCCC2CCCC2)n1. The Balaban J connectivity index is 1.93. The first kappa shape index (κ1) is 13.6. The number of aromatic nitrogens is 2. The van der Waals surface area contributed by atoms with Crippen LogP contribution < -0.4 is 5.32 Å². The molecule has 0 aromatic carbocycles. The fraction of sp³-hybridized carbons (Fsp3) is 0.714. The Morgan fingerprint density at radius 1 is 1.28 bits per heavy atom. The molecule has 0 amide bonds. The first-order valence-corrected chi connectivity index (χ1v) is 7.35. The van der Waals surface area contributed by atoms with Gasteiger partial charge >= 0.3 is 0 Å². The van der Waals surface area contributed by atoms with Crippen molar-refractivity contribution in [1.82, 2.24) is 9.97 Å². The Hall–Kier alpha value is -0.830. The molecule has 4 heteroatoms. The number of aryl methyl sites for hydroxylation is 1. The zero-order chi connectivity index (χ0) is 13.0. The van der Waals surface area contributed by atoms with Gasteiger partial charge in [-0.25, -0.2) is 9.97 Å². The third-order valence-corrected chi connectivity index (χ3v) is 4.14. The van der Waals surface area contributed by atoms with Crippen LogP contribution in [0.15, 0.2) is 0 Å². The van der Waals surface area contributed by atoms with Crippen LogP contribution in [0.4, 0.5) is 5.82 Å². The number of nitrogens with one attached hydrogen (secondary N) is 1. The van der Waals surface area contributed by atoms with Crippen LogP contribution >= 0.6 is 11.6 Å². The zero-order valence-electron chi connectivity index (χ0n) is 11.3. The lowest BCUT2D eigenvalue weighted by atomic mass is 10.0. The smallest absolute Gasteiger partial charge is 0.137 e. The van der Waals surface area contributed by atoms with E-state index >= 15 is 0 Å². The van der Waals surface area contributed by atoms with E-state index in [0.29, 0.717) is 5.15 Å². The van der Waals surface area contributed by atoms with Crippen LogP contribution in [-0.2, 0) is 6.42 Å². The van der Waals surface area contributed by atoms with Gasteiger partial charge in [0.15, 0.2) is 0 Å². The molecule has 0 aliphatic heterocycles. The molecule has 1 saturated carbocycles. The maximum absolute atomic E-state index is 6.11. The first-order chi connectivity index (χ1) is 8.70. The molecule has 1 heterocycles. The summed E-state index contributed by atoms with van der Waals surface area (Å²) in [4.78, 5) is 8.76. The van der Waals surface area contributed by atoms with Gasteiger partial charge in [-0.1, -0.05) is 44.2 Å². The van der Waals surface area contributed by atoms with Crippen molar-refractivity contribution in [2.45, 2.75) is 52.4 Å². The predicted octanol–water partition coefficient (Wildman–Crippen LogP) is 3.99. The predicted molar refractivity (Wildman–Crippen MR) is 76.2 cm³/mol. The topological polar surface area (TPSA) is 37.8 Å². The molecule has 1 aromatic rings. The third kappa shape index (κ3) is 3.35. The van der Waals surface area contributed by atoms with E-state index in [1.165, 1.54) is 32.1 Å². The summed E-state index contributed by atoms with van der Waals surface area (Å²) in [6, 6.07) is 0. The van der Waals surface area contributed by atoms with Gasteiger partial charge in [-0.2, -0.15) is 0 Å². The number of rotatable bonds is 5. The highest BCUT2D eigenvalue weighted by Crippen LogP contribution is 2.27. The van der Waals surface area contributed by atoms with Crippen molar-refractivity contribution in [2.75, 3.05) is 11.9 Å². The van der Waals surface area contributed by atoms with E-state index in [2.05, 4.69) is 15.3 Å². The van der Waals surface area contributed by atoms with Crippen LogP contribution in [0.1, 0.15) is 50.4 Å². The van der Waals surface area contributed by atoms with Crippen molar-refractivity contribution in [3.63, 3.8) is 0 Å². The van der Waals surface area contributed by atoms with Gasteiger partial charge in [0.1, 0.15) is 16.8 Å². The monoisotopic (exact) mass is 267 g/mol. The zero-order valence-corrected chi connectivity index (χ0v) is 12.1. The molecule has 0 radical (unpaired) electrons. The molecule has 0 atom stereocenters. The van der Waals surface area contributed by atoms with Gasteiger partial charge in [0, 0.05) is 18.5 Å². The summed E-state index contributed by atoms with van der Waals surface area (Å²) in [5.41, 5.74) is 0.959. The standard InChI is InChI=1S/C14H22ClN3/c1-3-12-17-13(15)10(2)14(18-12)16-9-8-11-6-4-5-7-11/h11H,3-9H2,1-2H3,(H,16,17,18). The number of anilines is 1. The highest BCUT2D eigenvalue weighted by Gasteiger charge is 2.15. The van der Waals surface area contributed by atoms with Gasteiger partial charge in [0.25, 0.3) is 0 Å². The van der Waals surface area contributed by atoms with Gasteiger partial charge in [-0.3, -0.25) is 0 Å². The van der Waals surface area contributed by atoms with Crippen LogP contribution in [0.5, 0.6) is 0 Å². The quantitative estimate of drug-likeness (QED) is 0.820. The molecule has 1 N–H and O–H groups in total. The van der Waals surface area contributed by atoms with E-state index in [1.54, 1.807) is 0 Å². The maximum atomic E-state index is 6.11. The Labute approximate surface area is 114 Å². The average molecular weight is 268 g/mol. The van der Waals surface area contributed by atoms with Crippen LogP contribution in [0, 0.1) is 12.8 Å². The lowest BCUT2D eigenvalue weighted by Gasteiger charge is -2.13. The lowest BCUT2D eigenvalue weighted by Crippen LogP contribution is -2.11. The Bertz CT molecular complexity index is 400. The van der Waals surface area contributed by atoms with E-state index in [-0.39, 0.29) is 0 Å². The average Bonchev–Trinajstić information content (AvgIpc) is 2.87. The minimum absolute atomic E-state index is 0.574. The van der Waals surface area contributed by atoms with E-state index < -0.39 is 0 Å². The van der Waals surface area contributed by atoms with Gasteiger partial charge in [-0.05, 0) is 19.3 Å². The molecule has 0 saturated heterocycles. The highest BCUT2D eigenvalue weighted by molar-refractivity contribution is 6.30. The van der Waals surface area contributed by atoms with Gasteiger partial charge in [0.2, 0.25) is 0 Å². The summed E-state index contributed by atoms with van der Waals surface area (Å²) in [6.45, 7) is 5.00. The molecule has 2 rings (SSSR count). The molecule has 0 unspecified atom stereocenters. The number of nitrogens with zero attached hydrogens (tertiary/aromatic N) is 2. The van der Waals surface area contributed by atoms with E-state index in [1.807, 2.05) is 13.8 Å². The molecule has 0 bridgehead atoms. The molecule has 0 spiro atoms. The summed E-state index contributed by atoms with van der Waals surface area (Å²) in [5, 5.41) is 3.99. The summed E-state index contributed by atoms with van der Waals surface area (Å²) >= 11 is 6.11. The van der Waals surface area contributed by atoms with E-state index in [0.717, 1.165) is 36.1 Å². The van der Waals surface area contributed by atoms with Crippen molar-refractivity contribution in [2.24, 2.45) is 5.92 Å². The molecular formula is C14H22ClN3. The number of hydrogen-bond donors (Lipinski definition) is 1. The Morgan fingerprint density at radius 3 is 2.67 bits per heavy atom. The number of hydrogen-bond acceptors (Lipinski definition) is 3. The van der Waals surface area contributed by atoms with Crippen molar-refractivity contribution in [3.8, 4) is 0 Å². The minimum Gasteiger partial charge on any atom is -0.370 e. The fourth-order valence-corrected chi connectivity index (χ4v) is 2.74. The van der Waals surface area contributed by atoms with Crippen LogP contribution in [0.3, 0.4) is 0 Å². The minimum atomic E-state index is 0.574. The van der Waals surface area contributed by atoms with E-state index in [9.17, 15) is 0 Å². The van der Waals surface area contributed by atoms with Crippen molar-refractivity contribution in [1.29, 1.82) is 0 Å². The molecular weight excluding hydrogens is 246 g/mol. The molecule has 18 heavy (non-hydrogen) atoms. The summed E-state index contributed by atoms with van der Waals surface area (Å²) < 4.78 is 0.